The molecule has 3 aromatic carbocycles. The molecule has 0 bridgehead atoms. The van der Waals surface area contributed by atoms with E-state index in [1.165, 1.54) is 5.56 Å². The first-order chi connectivity index (χ1) is 9.36. The van der Waals surface area contributed by atoms with Crippen LogP contribution < -0.4 is 9.47 Å². The molecule has 0 aliphatic carbocycles. The summed E-state index contributed by atoms with van der Waals surface area (Å²) in [5.41, 5.74) is 2.29. The van der Waals surface area contributed by atoms with Gasteiger partial charge in [-0.25, -0.2) is 0 Å². The molecular weight excluding hydrogens is 236 g/mol. The molecule has 0 saturated heterocycles. The van der Waals surface area contributed by atoms with Crippen LogP contribution in [0.3, 0.4) is 0 Å². The van der Waals surface area contributed by atoms with Gasteiger partial charge in [-0.15, -0.1) is 0 Å². The van der Waals surface area contributed by atoms with E-state index in [4.69, 9.17) is 9.47 Å². The molecular formula is C17H12O2. The Morgan fingerprint density at radius 1 is 0.842 bits per heavy atom. The molecule has 0 spiro atoms. The zero-order valence-electron chi connectivity index (χ0n) is 10.5. The van der Waals surface area contributed by atoms with Gasteiger partial charge in [-0.1, -0.05) is 30.3 Å². The highest BCUT2D eigenvalue weighted by Gasteiger charge is 2.20. The van der Waals surface area contributed by atoms with Crippen molar-refractivity contribution in [2.24, 2.45) is 0 Å². The van der Waals surface area contributed by atoms with Crippen LogP contribution in [0.2, 0.25) is 0 Å². The van der Waals surface area contributed by atoms with Crippen LogP contribution in [0.5, 0.6) is 17.2 Å². The Labute approximate surface area is 111 Å². The van der Waals surface area contributed by atoms with Crippen molar-refractivity contribution in [3.63, 3.8) is 0 Å². The van der Waals surface area contributed by atoms with Gasteiger partial charge < -0.3 is 9.47 Å². The summed E-state index contributed by atoms with van der Waals surface area (Å²) in [4.78, 5) is 0. The second-order valence-electron chi connectivity index (χ2n) is 4.63. The zero-order chi connectivity index (χ0) is 12.8. The molecule has 1 heterocycles. The number of para-hydroxylation sites is 1. The number of ether oxygens (including phenoxy) is 2. The summed E-state index contributed by atoms with van der Waals surface area (Å²) in [6, 6.07) is 18.3. The first kappa shape index (κ1) is 10.4. The summed E-state index contributed by atoms with van der Waals surface area (Å²) in [5.74, 6) is 2.68. The summed E-state index contributed by atoms with van der Waals surface area (Å²) in [6.45, 7) is 0. The van der Waals surface area contributed by atoms with E-state index in [0.29, 0.717) is 0 Å². The number of hydrogen-bond acceptors (Lipinski definition) is 2. The van der Waals surface area contributed by atoms with E-state index in [9.17, 15) is 0 Å². The molecule has 0 saturated carbocycles. The smallest absolute Gasteiger partial charge is 0.135 e. The van der Waals surface area contributed by atoms with Crippen LogP contribution >= 0.6 is 0 Å². The standard InChI is InChI=1S/C17H12O2/c1-18-12-9-11-5-4-8-16-17(11)14(10-12)13-6-2-3-7-15(13)19-16/h2-10H,1H3. The number of rotatable bonds is 1. The van der Waals surface area contributed by atoms with E-state index in [2.05, 4.69) is 18.2 Å². The summed E-state index contributed by atoms with van der Waals surface area (Å²) < 4.78 is 11.4. The van der Waals surface area contributed by atoms with Crippen molar-refractivity contribution in [2.45, 2.75) is 0 Å². The Morgan fingerprint density at radius 3 is 2.58 bits per heavy atom. The normalized spacial score (nSPS) is 11.8. The van der Waals surface area contributed by atoms with Crippen LogP contribution in [0.15, 0.2) is 54.6 Å². The Morgan fingerprint density at radius 2 is 1.68 bits per heavy atom. The summed E-state index contributed by atoms with van der Waals surface area (Å²) in [7, 11) is 1.70. The van der Waals surface area contributed by atoms with Gasteiger partial charge >= 0.3 is 0 Å². The van der Waals surface area contributed by atoms with E-state index in [1.807, 2.05) is 36.4 Å². The molecule has 2 heteroatoms. The third-order valence-electron chi connectivity index (χ3n) is 3.55. The third-order valence-corrected chi connectivity index (χ3v) is 3.55. The Balaban J connectivity index is 2.17. The maximum atomic E-state index is 5.98. The predicted octanol–water partition coefficient (Wildman–Crippen LogP) is 4.62. The maximum Gasteiger partial charge on any atom is 0.135 e. The molecule has 0 aromatic heterocycles. The maximum absolute atomic E-state index is 5.98. The van der Waals surface area contributed by atoms with Crippen molar-refractivity contribution in [2.75, 3.05) is 7.11 Å². The first-order valence-corrected chi connectivity index (χ1v) is 6.25. The van der Waals surface area contributed by atoms with Crippen molar-refractivity contribution in [1.82, 2.24) is 0 Å². The molecule has 2 nitrogen and oxygen atoms in total. The number of methoxy groups -OCH3 is 1. The Hall–Kier alpha value is -2.48. The molecule has 0 amide bonds. The van der Waals surface area contributed by atoms with Gasteiger partial charge in [-0.05, 0) is 29.7 Å². The number of hydrogen-bond donors (Lipinski definition) is 0. The van der Waals surface area contributed by atoms with E-state index >= 15 is 0 Å². The lowest BCUT2D eigenvalue weighted by molar-refractivity contribution is 0.415. The van der Waals surface area contributed by atoms with Gasteiger partial charge in [0.1, 0.15) is 17.2 Å². The van der Waals surface area contributed by atoms with Crippen LogP contribution in [-0.2, 0) is 0 Å². The molecule has 0 radical (unpaired) electrons. The number of benzene rings is 3. The average Bonchev–Trinajstić information content (AvgIpc) is 2.47. The van der Waals surface area contributed by atoms with Gasteiger partial charge in [0.15, 0.2) is 0 Å². The first-order valence-electron chi connectivity index (χ1n) is 6.25. The molecule has 19 heavy (non-hydrogen) atoms. The molecule has 0 atom stereocenters. The van der Waals surface area contributed by atoms with Gasteiger partial charge in [-0.2, -0.15) is 0 Å². The topological polar surface area (TPSA) is 18.5 Å². The highest BCUT2D eigenvalue weighted by atomic mass is 16.5. The van der Waals surface area contributed by atoms with Gasteiger partial charge in [-0.3, -0.25) is 0 Å². The van der Waals surface area contributed by atoms with E-state index in [0.717, 1.165) is 33.6 Å². The van der Waals surface area contributed by atoms with Crippen LogP contribution in [0.4, 0.5) is 0 Å². The summed E-state index contributed by atoms with van der Waals surface area (Å²) in [6.07, 6.45) is 0. The minimum atomic E-state index is 0.872. The molecule has 92 valence electrons. The molecule has 4 rings (SSSR count). The van der Waals surface area contributed by atoms with Crippen molar-refractivity contribution in [3.05, 3.63) is 54.6 Å². The zero-order valence-corrected chi connectivity index (χ0v) is 10.5. The van der Waals surface area contributed by atoms with E-state index < -0.39 is 0 Å². The lowest BCUT2D eigenvalue weighted by atomic mass is 9.94. The highest BCUT2D eigenvalue weighted by Crippen LogP contribution is 2.47. The lowest BCUT2D eigenvalue weighted by Gasteiger charge is -2.21. The van der Waals surface area contributed by atoms with Crippen molar-refractivity contribution in [1.29, 1.82) is 0 Å². The average molecular weight is 248 g/mol. The van der Waals surface area contributed by atoms with Gasteiger partial charge in [0.25, 0.3) is 0 Å². The van der Waals surface area contributed by atoms with Crippen LogP contribution in [0.25, 0.3) is 21.9 Å². The highest BCUT2D eigenvalue weighted by molar-refractivity contribution is 6.04. The van der Waals surface area contributed by atoms with Crippen LogP contribution in [-0.4, -0.2) is 7.11 Å². The second kappa shape index (κ2) is 3.75. The predicted molar refractivity (Wildman–Crippen MR) is 76.0 cm³/mol. The SMILES string of the molecule is COc1cc2c3c(cccc3c1)Oc1ccccc1-2. The fourth-order valence-electron chi connectivity index (χ4n) is 2.68. The minimum Gasteiger partial charge on any atom is -0.497 e. The fourth-order valence-corrected chi connectivity index (χ4v) is 2.68. The summed E-state index contributed by atoms with van der Waals surface area (Å²) >= 11 is 0. The fraction of sp³-hybridized carbons (Fsp3) is 0.0588. The molecule has 0 fully saturated rings. The van der Waals surface area contributed by atoms with Crippen LogP contribution in [0, 0.1) is 0 Å². The molecule has 1 aliphatic heterocycles. The Kier molecular flexibility index (Phi) is 2.06. The van der Waals surface area contributed by atoms with Crippen molar-refractivity contribution >= 4 is 10.8 Å². The second-order valence-corrected chi connectivity index (χ2v) is 4.63. The van der Waals surface area contributed by atoms with Crippen molar-refractivity contribution in [3.8, 4) is 28.4 Å². The quantitative estimate of drug-likeness (QED) is 0.489. The molecule has 0 unspecified atom stereocenters. The van der Waals surface area contributed by atoms with Crippen LogP contribution in [0.1, 0.15) is 0 Å². The van der Waals surface area contributed by atoms with Gasteiger partial charge in [0.05, 0.1) is 7.11 Å². The minimum absolute atomic E-state index is 0.872. The monoisotopic (exact) mass is 248 g/mol. The molecule has 1 aliphatic rings. The third kappa shape index (κ3) is 1.43. The largest absolute Gasteiger partial charge is 0.497 e. The summed E-state index contributed by atoms with van der Waals surface area (Å²) in [5, 5.41) is 2.29. The lowest BCUT2D eigenvalue weighted by Crippen LogP contribution is -1.97. The molecule has 3 aromatic rings. The number of fused-ring (bicyclic) bond motifs is 2. The van der Waals surface area contributed by atoms with Gasteiger partial charge in [0.2, 0.25) is 0 Å². The van der Waals surface area contributed by atoms with E-state index in [-0.39, 0.29) is 0 Å². The Bertz CT molecular complexity index is 790. The van der Waals surface area contributed by atoms with Crippen molar-refractivity contribution < 1.29 is 9.47 Å². The van der Waals surface area contributed by atoms with E-state index in [1.54, 1.807) is 7.11 Å². The van der Waals surface area contributed by atoms with Gasteiger partial charge in [0, 0.05) is 16.5 Å². The molecule has 0 N–H and O–H groups in total.